The van der Waals surface area contributed by atoms with E-state index in [1.54, 1.807) is 26.4 Å². The van der Waals surface area contributed by atoms with Gasteiger partial charge < -0.3 is 71.0 Å². The van der Waals surface area contributed by atoms with E-state index in [-0.39, 0.29) is 23.3 Å². The molecule has 0 saturated carbocycles. The summed E-state index contributed by atoms with van der Waals surface area (Å²) in [6.45, 7) is 4.36. The van der Waals surface area contributed by atoms with Crippen molar-refractivity contribution in [3.05, 3.63) is 60.3 Å². The Morgan fingerprint density at radius 2 is 0.981 bits per heavy atom. The Morgan fingerprint density at radius 1 is 0.585 bits per heavy atom. The summed E-state index contributed by atoms with van der Waals surface area (Å²) in [6, 6.07) is 10.7. The second-order valence-corrected chi connectivity index (χ2v) is 11.8. The minimum absolute atomic E-state index is 0.0138. The number of methoxy groups -OCH3 is 2. The fourth-order valence-electron chi connectivity index (χ4n) is 5.94. The number of carboxylic acids is 2. The molecule has 278 valence electrons. The van der Waals surface area contributed by atoms with Crippen molar-refractivity contribution in [2.75, 3.05) is 89.8 Å². The van der Waals surface area contributed by atoms with Crippen LogP contribution in [0.4, 0.5) is 11.4 Å². The van der Waals surface area contributed by atoms with Gasteiger partial charge in [0, 0.05) is 49.1 Å². The number of carbonyl (C=O) groups is 2. The summed E-state index contributed by atoms with van der Waals surface area (Å²) < 4.78 is 52.1. The molecule has 0 amide bonds. The molecule has 1 saturated heterocycles. The molecule has 53 heavy (non-hydrogen) atoms. The quantitative estimate of drug-likeness (QED) is 0.220. The van der Waals surface area contributed by atoms with E-state index in [0.29, 0.717) is 99.3 Å². The third kappa shape index (κ3) is 7.76. The molecule has 2 aromatic carbocycles. The highest BCUT2D eigenvalue weighted by Gasteiger charge is 2.21. The normalized spacial score (nSPS) is 15.4. The van der Waals surface area contributed by atoms with E-state index in [1.165, 1.54) is 0 Å². The Balaban J connectivity index is 1.08. The molecule has 1 aliphatic rings. The summed E-state index contributed by atoms with van der Waals surface area (Å²) in [5.74, 6) is -2.04. The topological polar surface area (TPSA) is 211 Å². The van der Waals surface area contributed by atoms with Crippen molar-refractivity contribution in [1.29, 1.82) is 0 Å². The monoisotopic (exact) mass is 730 g/mol. The molecule has 7 rings (SSSR count). The average Bonchev–Trinajstić information content (AvgIpc) is 3.97. The van der Waals surface area contributed by atoms with Crippen molar-refractivity contribution in [2.24, 2.45) is 0 Å². The van der Waals surface area contributed by atoms with Gasteiger partial charge in [0.15, 0.2) is 23.0 Å². The highest BCUT2D eigenvalue weighted by molar-refractivity contribution is 5.89. The van der Waals surface area contributed by atoms with E-state index < -0.39 is 23.5 Å². The first-order valence-corrected chi connectivity index (χ1v) is 16.6. The predicted octanol–water partition coefficient (Wildman–Crippen LogP) is 2.61. The lowest BCUT2D eigenvalue weighted by molar-refractivity contribution is -0.258. The van der Waals surface area contributed by atoms with Crippen LogP contribution in [0.15, 0.2) is 66.5 Å². The summed E-state index contributed by atoms with van der Waals surface area (Å²) in [6.07, 6.45) is 2.14. The van der Waals surface area contributed by atoms with Crippen LogP contribution in [0.5, 0.6) is 11.5 Å². The lowest BCUT2D eigenvalue weighted by Crippen LogP contribution is -2.33. The van der Waals surface area contributed by atoms with Crippen LogP contribution >= 0.6 is 0 Å². The summed E-state index contributed by atoms with van der Waals surface area (Å²) in [5, 5.41) is 23.7. The van der Waals surface area contributed by atoms with Crippen LogP contribution in [-0.4, -0.2) is 102 Å². The summed E-state index contributed by atoms with van der Waals surface area (Å²) in [7, 11) is 3.16. The zero-order valence-corrected chi connectivity index (χ0v) is 28.8. The molecule has 0 radical (unpaired) electrons. The SMILES string of the molecule is COc1cc2cc(-c3ncc(C(=O)[O-])o3)oc2cc1N1CCOCCOCCN(c2cc3oc(-c4ncc(C(=O)[O-])o4)cc3cc2OC)CCOCC1. The van der Waals surface area contributed by atoms with Crippen LogP contribution in [0.2, 0.25) is 0 Å². The van der Waals surface area contributed by atoms with E-state index in [2.05, 4.69) is 19.8 Å². The first-order valence-electron chi connectivity index (χ1n) is 16.6. The molecule has 0 unspecified atom stereocenters. The summed E-state index contributed by atoms with van der Waals surface area (Å²) in [4.78, 5) is 34.5. The first-order chi connectivity index (χ1) is 25.8. The first kappa shape index (κ1) is 35.4. The van der Waals surface area contributed by atoms with Gasteiger partial charge in [0.1, 0.15) is 34.6 Å². The number of carbonyl (C=O) groups excluding carboxylic acids is 2. The fraction of sp³-hybridized carbons (Fsp3) is 0.333. The van der Waals surface area contributed by atoms with Crippen LogP contribution in [0.25, 0.3) is 45.2 Å². The Morgan fingerprint density at radius 3 is 1.34 bits per heavy atom. The predicted molar refractivity (Wildman–Crippen MR) is 182 cm³/mol. The number of carboxylic acid groups (broad SMARTS) is 2. The third-order valence-corrected chi connectivity index (χ3v) is 8.55. The average molecular weight is 731 g/mol. The van der Waals surface area contributed by atoms with Crippen molar-refractivity contribution in [3.8, 4) is 34.8 Å². The number of anilines is 2. The number of fused-ring (bicyclic) bond motifs is 2. The molecular formula is C36H34N4O13-2. The number of nitrogens with zero attached hydrogens (tertiary/aromatic N) is 4. The maximum absolute atomic E-state index is 11.2. The number of aromatic carboxylic acids is 2. The van der Waals surface area contributed by atoms with Gasteiger partial charge in [-0.05, 0) is 24.3 Å². The number of rotatable bonds is 8. The highest BCUT2D eigenvalue weighted by atomic mass is 16.5. The maximum atomic E-state index is 11.2. The standard InChI is InChI=1S/C36H36N4O13/c1-45-27-13-21-15-29(33-37-19-31(52-33)35(41)42)50-25(21)17-23(27)39-3-7-47-8-4-40(6-10-49-12-11-48-9-5-39)24-18-26-22(14-28(24)46-2)16-30(51-26)34-38-20-32(53-34)36(43)44/h13-20H,3-12H2,1-2H3,(H,41,42)(H,43,44)/p-2. The second kappa shape index (κ2) is 15.7. The molecule has 0 bridgehead atoms. The molecule has 1 aliphatic heterocycles. The largest absolute Gasteiger partial charge is 0.541 e. The maximum Gasteiger partial charge on any atom is 0.263 e. The van der Waals surface area contributed by atoms with E-state index in [0.717, 1.165) is 23.8 Å². The van der Waals surface area contributed by atoms with Gasteiger partial charge in [-0.2, -0.15) is 0 Å². The molecule has 0 N–H and O–H groups in total. The fourth-order valence-corrected chi connectivity index (χ4v) is 5.94. The van der Waals surface area contributed by atoms with Gasteiger partial charge in [-0.15, -0.1) is 0 Å². The molecule has 1 fully saturated rings. The van der Waals surface area contributed by atoms with Crippen molar-refractivity contribution >= 4 is 45.3 Å². The van der Waals surface area contributed by atoms with Crippen LogP contribution in [0.1, 0.15) is 21.1 Å². The van der Waals surface area contributed by atoms with Crippen molar-refractivity contribution in [3.63, 3.8) is 0 Å². The Labute approximate surface area is 301 Å². The van der Waals surface area contributed by atoms with Gasteiger partial charge in [0.25, 0.3) is 11.8 Å². The lowest BCUT2D eigenvalue weighted by Gasteiger charge is -2.27. The number of benzene rings is 2. The van der Waals surface area contributed by atoms with Crippen LogP contribution < -0.4 is 29.5 Å². The molecule has 4 aromatic heterocycles. The number of oxazole rings is 2. The molecule has 5 heterocycles. The van der Waals surface area contributed by atoms with Crippen LogP contribution in [0.3, 0.4) is 0 Å². The molecule has 17 heteroatoms. The number of aromatic nitrogens is 2. The van der Waals surface area contributed by atoms with Gasteiger partial charge in [-0.3, -0.25) is 0 Å². The van der Waals surface area contributed by atoms with Gasteiger partial charge in [-0.1, -0.05) is 0 Å². The zero-order chi connectivity index (χ0) is 36.9. The van der Waals surface area contributed by atoms with Crippen LogP contribution in [-0.2, 0) is 14.2 Å². The molecule has 0 spiro atoms. The molecule has 0 atom stereocenters. The number of hydrogen-bond acceptors (Lipinski definition) is 17. The minimum Gasteiger partial charge on any atom is -0.541 e. The molecule has 0 aliphatic carbocycles. The van der Waals surface area contributed by atoms with Gasteiger partial charge in [-0.25, -0.2) is 9.97 Å². The highest BCUT2D eigenvalue weighted by Crippen LogP contribution is 2.38. The number of furan rings is 2. The van der Waals surface area contributed by atoms with E-state index in [4.69, 9.17) is 41.4 Å². The Hall–Kier alpha value is -6.04. The van der Waals surface area contributed by atoms with Crippen molar-refractivity contribution in [2.45, 2.75) is 0 Å². The van der Waals surface area contributed by atoms with Crippen molar-refractivity contribution < 1.29 is 61.2 Å². The molecule has 17 nitrogen and oxygen atoms in total. The molecular weight excluding hydrogens is 696 g/mol. The summed E-state index contributed by atoms with van der Waals surface area (Å²) >= 11 is 0. The van der Waals surface area contributed by atoms with E-state index >= 15 is 0 Å². The van der Waals surface area contributed by atoms with Crippen LogP contribution in [0, 0.1) is 0 Å². The van der Waals surface area contributed by atoms with Crippen molar-refractivity contribution in [1.82, 2.24) is 9.97 Å². The molecule has 6 aromatic rings. The smallest absolute Gasteiger partial charge is 0.263 e. The van der Waals surface area contributed by atoms with Gasteiger partial charge in [0.2, 0.25) is 0 Å². The second-order valence-electron chi connectivity index (χ2n) is 11.8. The number of hydrogen-bond donors (Lipinski definition) is 0. The van der Waals surface area contributed by atoms with Gasteiger partial charge in [0.05, 0.1) is 77.6 Å². The Kier molecular flexibility index (Phi) is 10.5. The lowest BCUT2D eigenvalue weighted by atomic mass is 10.2. The summed E-state index contributed by atoms with van der Waals surface area (Å²) in [5.41, 5.74) is 2.52. The van der Waals surface area contributed by atoms with Gasteiger partial charge >= 0.3 is 0 Å². The Bertz CT molecular complexity index is 2060. The number of ether oxygens (including phenoxy) is 5. The zero-order valence-electron chi connectivity index (χ0n) is 28.8. The third-order valence-electron chi connectivity index (χ3n) is 8.55. The minimum atomic E-state index is -1.48. The van der Waals surface area contributed by atoms with E-state index in [9.17, 15) is 19.8 Å². The van der Waals surface area contributed by atoms with E-state index in [1.807, 2.05) is 24.3 Å².